The summed E-state index contributed by atoms with van der Waals surface area (Å²) in [6.45, 7) is 5.82. The fourth-order valence-electron chi connectivity index (χ4n) is 2.32. The summed E-state index contributed by atoms with van der Waals surface area (Å²) in [5.74, 6) is 0.612. The lowest BCUT2D eigenvalue weighted by molar-refractivity contribution is 0.254. The van der Waals surface area contributed by atoms with Crippen molar-refractivity contribution in [2.45, 2.75) is 52.0 Å². The molecule has 0 aromatic carbocycles. The molecule has 5 nitrogen and oxygen atoms in total. The van der Waals surface area contributed by atoms with Gasteiger partial charge in [0.1, 0.15) is 0 Å². The first-order valence-electron chi connectivity index (χ1n) is 6.94. The summed E-state index contributed by atoms with van der Waals surface area (Å²) < 4.78 is 28.6. The lowest BCUT2D eigenvalue weighted by Crippen LogP contribution is -2.51. The minimum atomic E-state index is -3.34. The Bertz CT molecular complexity index is 330. The van der Waals surface area contributed by atoms with Crippen LogP contribution in [0.15, 0.2) is 0 Å². The number of rotatable bonds is 7. The quantitative estimate of drug-likeness (QED) is 0.684. The zero-order valence-electron chi connectivity index (χ0n) is 11.6. The summed E-state index contributed by atoms with van der Waals surface area (Å²) in [4.78, 5) is 0. The van der Waals surface area contributed by atoms with E-state index in [0.29, 0.717) is 25.6 Å². The van der Waals surface area contributed by atoms with E-state index in [1.165, 1.54) is 0 Å². The van der Waals surface area contributed by atoms with Crippen molar-refractivity contribution in [3.05, 3.63) is 0 Å². The number of nitrogens with zero attached hydrogens (tertiary/aromatic N) is 1. The Morgan fingerprint density at radius 1 is 1.39 bits per heavy atom. The van der Waals surface area contributed by atoms with E-state index in [9.17, 15) is 8.42 Å². The molecule has 108 valence electrons. The van der Waals surface area contributed by atoms with E-state index in [2.05, 4.69) is 18.6 Å². The molecule has 1 unspecified atom stereocenters. The topological polar surface area (TPSA) is 75.4 Å². The van der Waals surface area contributed by atoms with Gasteiger partial charge in [-0.25, -0.2) is 4.72 Å². The van der Waals surface area contributed by atoms with Crippen molar-refractivity contribution in [1.82, 2.24) is 9.03 Å². The van der Waals surface area contributed by atoms with Gasteiger partial charge in [-0.1, -0.05) is 20.3 Å². The van der Waals surface area contributed by atoms with Gasteiger partial charge in [0.15, 0.2) is 0 Å². The average Bonchev–Trinajstić information content (AvgIpc) is 2.34. The predicted octanol–water partition coefficient (Wildman–Crippen LogP) is 1.07. The van der Waals surface area contributed by atoms with E-state index in [4.69, 9.17) is 5.73 Å². The maximum atomic E-state index is 12.2. The van der Waals surface area contributed by atoms with Crippen LogP contribution < -0.4 is 10.5 Å². The zero-order chi connectivity index (χ0) is 13.6. The van der Waals surface area contributed by atoms with Crippen molar-refractivity contribution in [3.8, 4) is 0 Å². The second kappa shape index (κ2) is 7.43. The van der Waals surface area contributed by atoms with E-state index in [0.717, 1.165) is 32.1 Å². The summed E-state index contributed by atoms with van der Waals surface area (Å²) in [5.41, 5.74) is 5.65. The summed E-state index contributed by atoms with van der Waals surface area (Å²) in [5, 5.41) is 0. The second-order valence-electron chi connectivity index (χ2n) is 5.43. The molecule has 3 N–H and O–H groups in total. The first-order valence-corrected chi connectivity index (χ1v) is 8.38. The molecule has 1 aliphatic rings. The van der Waals surface area contributed by atoms with Gasteiger partial charge < -0.3 is 5.73 Å². The lowest BCUT2D eigenvalue weighted by atomic mass is 10.1. The van der Waals surface area contributed by atoms with Crippen LogP contribution in [-0.2, 0) is 10.2 Å². The monoisotopic (exact) mass is 277 g/mol. The van der Waals surface area contributed by atoms with Crippen LogP contribution in [-0.4, -0.2) is 38.4 Å². The molecule has 1 rings (SSSR count). The molecule has 0 spiro atoms. The molecule has 0 saturated carbocycles. The highest BCUT2D eigenvalue weighted by Gasteiger charge is 2.30. The molecule has 1 heterocycles. The third-order valence-corrected chi connectivity index (χ3v) is 5.06. The van der Waals surface area contributed by atoms with Gasteiger partial charge in [-0.3, -0.25) is 0 Å². The average molecular weight is 277 g/mol. The Morgan fingerprint density at radius 3 is 2.72 bits per heavy atom. The maximum absolute atomic E-state index is 12.2. The van der Waals surface area contributed by atoms with Gasteiger partial charge in [0, 0.05) is 25.7 Å². The van der Waals surface area contributed by atoms with E-state index >= 15 is 0 Å². The van der Waals surface area contributed by atoms with Crippen molar-refractivity contribution < 1.29 is 8.42 Å². The summed E-state index contributed by atoms with van der Waals surface area (Å²) in [6, 6.07) is -0.0265. The first kappa shape index (κ1) is 15.9. The maximum Gasteiger partial charge on any atom is 0.279 e. The molecule has 1 atom stereocenters. The lowest BCUT2D eigenvalue weighted by Gasteiger charge is -2.33. The minimum absolute atomic E-state index is 0.0265. The van der Waals surface area contributed by atoms with Crippen LogP contribution in [0.25, 0.3) is 0 Å². The smallest absolute Gasteiger partial charge is 0.279 e. The highest BCUT2D eigenvalue weighted by molar-refractivity contribution is 7.87. The molecule has 18 heavy (non-hydrogen) atoms. The van der Waals surface area contributed by atoms with Gasteiger partial charge in [-0.05, 0) is 31.6 Å². The Labute approximate surface area is 111 Å². The molecule has 0 aromatic heterocycles. The van der Waals surface area contributed by atoms with E-state index in [-0.39, 0.29) is 6.04 Å². The van der Waals surface area contributed by atoms with E-state index < -0.39 is 10.2 Å². The molecule has 0 aliphatic carbocycles. The third-order valence-electron chi connectivity index (χ3n) is 3.40. The fourth-order valence-corrected chi connectivity index (χ4v) is 3.84. The Hall–Kier alpha value is -0.170. The standard InChI is InChI=1S/C12H27N3O2S/c1-11(2)6-5-8-14-18(16,17)15-9-4-3-7-12(15)10-13/h11-12,14H,3-10,13H2,1-2H3. The zero-order valence-corrected chi connectivity index (χ0v) is 12.4. The van der Waals surface area contributed by atoms with E-state index in [1.807, 2.05) is 0 Å². The molecule has 0 bridgehead atoms. The highest BCUT2D eigenvalue weighted by Crippen LogP contribution is 2.18. The number of nitrogens with two attached hydrogens (primary N) is 1. The van der Waals surface area contributed by atoms with Crippen LogP contribution in [0.1, 0.15) is 46.0 Å². The van der Waals surface area contributed by atoms with Gasteiger partial charge in [-0.15, -0.1) is 0 Å². The number of hydrogen-bond acceptors (Lipinski definition) is 3. The van der Waals surface area contributed by atoms with E-state index in [1.54, 1.807) is 4.31 Å². The normalized spacial score (nSPS) is 22.6. The Balaban J connectivity index is 2.46. The van der Waals surface area contributed by atoms with Gasteiger partial charge in [0.05, 0.1) is 0 Å². The van der Waals surface area contributed by atoms with Crippen molar-refractivity contribution >= 4 is 10.2 Å². The van der Waals surface area contributed by atoms with Crippen molar-refractivity contribution in [3.63, 3.8) is 0 Å². The van der Waals surface area contributed by atoms with Gasteiger partial charge in [0.25, 0.3) is 10.2 Å². The SMILES string of the molecule is CC(C)CCCNS(=O)(=O)N1CCCCC1CN. The minimum Gasteiger partial charge on any atom is -0.329 e. The van der Waals surface area contributed by atoms with Crippen molar-refractivity contribution in [2.75, 3.05) is 19.6 Å². The number of nitrogens with one attached hydrogen (secondary N) is 1. The second-order valence-corrected chi connectivity index (χ2v) is 7.14. The van der Waals surface area contributed by atoms with Gasteiger partial charge in [-0.2, -0.15) is 12.7 Å². The molecular weight excluding hydrogens is 250 g/mol. The third kappa shape index (κ3) is 4.84. The molecule has 6 heteroatoms. The Morgan fingerprint density at radius 2 is 2.11 bits per heavy atom. The fraction of sp³-hybridized carbons (Fsp3) is 1.00. The van der Waals surface area contributed by atoms with Crippen LogP contribution >= 0.6 is 0 Å². The van der Waals surface area contributed by atoms with Gasteiger partial charge in [0.2, 0.25) is 0 Å². The Kier molecular flexibility index (Phi) is 6.55. The molecule has 1 fully saturated rings. The highest BCUT2D eigenvalue weighted by atomic mass is 32.2. The summed E-state index contributed by atoms with van der Waals surface area (Å²) >= 11 is 0. The number of hydrogen-bond donors (Lipinski definition) is 2. The van der Waals surface area contributed by atoms with Gasteiger partial charge >= 0.3 is 0 Å². The van der Waals surface area contributed by atoms with Crippen LogP contribution in [0, 0.1) is 5.92 Å². The predicted molar refractivity (Wildman–Crippen MR) is 74.4 cm³/mol. The van der Waals surface area contributed by atoms with Crippen molar-refractivity contribution in [1.29, 1.82) is 0 Å². The number of piperidine rings is 1. The van der Waals surface area contributed by atoms with Crippen LogP contribution in [0.4, 0.5) is 0 Å². The molecule has 0 aromatic rings. The van der Waals surface area contributed by atoms with Crippen LogP contribution in [0.5, 0.6) is 0 Å². The molecule has 1 aliphatic heterocycles. The molecular formula is C12H27N3O2S. The van der Waals surface area contributed by atoms with Crippen LogP contribution in [0.3, 0.4) is 0 Å². The summed E-state index contributed by atoms with van der Waals surface area (Å²) in [6.07, 6.45) is 4.81. The largest absolute Gasteiger partial charge is 0.329 e. The van der Waals surface area contributed by atoms with Crippen LogP contribution in [0.2, 0.25) is 0 Å². The first-order chi connectivity index (χ1) is 8.47. The summed E-state index contributed by atoms with van der Waals surface area (Å²) in [7, 11) is -3.34. The molecule has 1 saturated heterocycles. The van der Waals surface area contributed by atoms with Crippen molar-refractivity contribution in [2.24, 2.45) is 11.7 Å². The molecule has 0 radical (unpaired) electrons. The molecule has 0 amide bonds.